The number of piperidine rings is 1. The Morgan fingerprint density at radius 1 is 1.09 bits per heavy atom. The van der Waals surface area contributed by atoms with E-state index in [1.165, 1.54) is 10.2 Å². The molecule has 9 nitrogen and oxygen atoms in total. The highest BCUT2D eigenvalue weighted by atomic mass is 16.3. The largest absolute Gasteiger partial charge is 0.374 e. The minimum atomic E-state index is -0.744. The van der Waals surface area contributed by atoms with Gasteiger partial charge in [-0.3, -0.25) is 14.8 Å². The van der Waals surface area contributed by atoms with E-state index in [-0.39, 0.29) is 17.0 Å². The lowest BCUT2D eigenvalue weighted by Gasteiger charge is -2.35. The van der Waals surface area contributed by atoms with Gasteiger partial charge in [-0.15, -0.1) is 0 Å². The molecule has 2 aromatic heterocycles. The third-order valence-corrected chi connectivity index (χ3v) is 6.66. The van der Waals surface area contributed by atoms with Crippen molar-refractivity contribution in [3.05, 3.63) is 63.6 Å². The van der Waals surface area contributed by atoms with Crippen molar-refractivity contribution < 1.29 is 5.11 Å². The predicted molar refractivity (Wildman–Crippen MR) is 139 cm³/mol. The number of benzene rings is 1. The molecule has 3 aromatic rings. The van der Waals surface area contributed by atoms with Gasteiger partial charge in [0.15, 0.2) is 11.6 Å². The topological polar surface area (TPSA) is 100 Å². The van der Waals surface area contributed by atoms with Crippen molar-refractivity contribution in [3.63, 3.8) is 0 Å². The molecule has 3 heterocycles. The fourth-order valence-corrected chi connectivity index (χ4v) is 4.40. The van der Waals surface area contributed by atoms with E-state index in [2.05, 4.69) is 58.6 Å². The molecule has 1 aliphatic heterocycles. The van der Waals surface area contributed by atoms with Crippen LogP contribution in [-0.4, -0.2) is 43.8 Å². The van der Waals surface area contributed by atoms with E-state index in [1.54, 1.807) is 17.8 Å². The van der Waals surface area contributed by atoms with Crippen LogP contribution >= 0.6 is 0 Å². The average molecular weight is 480 g/mol. The van der Waals surface area contributed by atoms with Crippen molar-refractivity contribution in [2.24, 2.45) is 14.1 Å². The zero-order valence-electron chi connectivity index (χ0n) is 21.5. The SMILES string of the molecule is Cc1cc(Nc2cc(N3CCCC(NC(O)c4ccc(C(C)(C)C)cc4)C3)nn(C)c2=O)nn1C. The summed E-state index contributed by atoms with van der Waals surface area (Å²) < 4.78 is 3.12. The van der Waals surface area contributed by atoms with Crippen LogP contribution in [0.1, 0.15) is 56.7 Å². The Bertz CT molecular complexity index is 1200. The number of aliphatic hydroxyl groups is 1. The number of nitrogens with one attached hydrogen (secondary N) is 2. The van der Waals surface area contributed by atoms with E-state index in [4.69, 9.17) is 0 Å². The van der Waals surface area contributed by atoms with Crippen molar-refractivity contribution in [2.45, 2.75) is 58.2 Å². The first kappa shape index (κ1) is 24.9. The van der Waals surface area contributed by atoms with Crippen LogP contribution in [0, 0.1) is 6.92 Å². The van der Waals surface area contributed by atoms with Gasteiger partial charge in [0.2, 0.25) is 0 Å². The second-order valence-electron chi connectivity index (χ2n) is 10.5. The third-order valence-electron chi connectivity index (χ3n) is 6.66. The molecule has 2 unspecified atom stereocenters. The highest BCUT2D eigenvalue weighted by molar-refractivity contribution is 5.59. The van der Waals surface area contributed by atoms with Crippen LogP contribution in [0.4, 0.5) is 17.3 Å². The lowest BCUT2D eigenvalue weighted by Crippen LogP contribution is -2.47. The highest BCUT2D eigenvalue weighted by Crippen LogP contribution is 2.25. The maximum absolute atomic E-state index is 12.7. The van der Waals surface area contributed by atoms with Crippen molar-refractivity contribution in [2.75, 3.05) is 23.3 Å². The van der Waals surface area contributed by atoms with E-state index in [0.717, 1.165) is 36.5 Å². The van der Waals surface area contributed by atoms with Gasteiger partial charge in [0.05, 0.1) is 0 Å². The smallest absolute Gasteiger partial charge is 0.290 e. The van der Waals surface area contributed by atoms with E-state index >= 15 is 0 Å². The average Bonchev–Trinajstić information content (AvgIpc) is 3.13. The van der Waals surface area contributed by atoms with E-state index in [9.17, 15) is 9.90 Å². The zero-order valence-corrected chi connectivity index (χ0v) is 21.5. The third kappa shape index (κ3) is 5.74. The van der Waals surface area contributed by atoms with Crippen LogP contribution in [0.3, 0.4) is 0 Å². The molecule has 0 amide bonds. The van der Waals surface area contributed by atoms with Crippen LogP contribution in [0.15, 0.2) is 41.2 Å². The number of hydrogen-bond acceptors (Lipinski definition) is 7. The molecule has 0 spiro atoms. The Kier molecular flexibility index (Phi) is 7.00. The van der Waals surface area contributed by atoms with E-state index in [0.29, 0.717) is 18.1 Å². The second-order valence-corrected chi connectivity index (χ2v) is 10.5. The lowest BCUT2D eigenvalue weighted by molar-refractivity contribution is 0.119. The molecule has 1 saturated heterocycles. The normalized spacial score (nSPS) is 17.5. The monoisotopic (exact) mass is 479 g/mol. The maximum Gasteiger partial charge on any atom is 0.290 e. The molecule has 1 fully saturated rings. The van der Waals surface area contributed by atoms with Crippen LogP contribution < -0.4 is 21.1 Å². The van der Waals surface area contributed by atoms with Gasteiger partial charge in [0.25, 0.3) is 5.56 Å². The highest BCUT2D eigenvalue weighted by Gasteiger charge is 2.25. The number of aromatic nitrogens is 4. The van der Waals surface area contributed by atoms with Gasteiger partial charge in [0, 0.05) is 51.1 Å². The number of nitrogens with zero attached hydrogens (tertiary/aromatic N) is 5. The first-order valence-electron chi connectivity index (χ1n) is 12.2. The van der Waals surface area contributed by atoms with Crippen LogP contribution in [0.5, 0.6) is 0 Å². The minimum Gasteiger partial charge on any atom is -0.374 e. The summed E-state index contributed by atoms with van der Waals surface area (Å²) in [4.78, 5) is 14.8. The quantitative estimate of drug-likeness (QED) is 0.467. The summed E-state index contributed by atoms with van der Waals surface area (Å²) >= 11 is 0. The summed E-state index contributed by atoms with van der Waals surface area (Å²) in [6.07, 6.45) is 1.17. The standard InChI is InChI=1S/C26H37N7O2/c1-17-14-22(29-31(17)5)28-21-15-23(30-32(6)25(21)35)33-13-7-8-20(16-33)27-24(34)18-9-11-19(12-10-18)26(2,3)4/h9-12,14-15,20,24,27,34H,7-8,13,16H2,1-6H3,(H,28,29). The van der Waals surface area contributed by atoms with Gasteiger partial charge in [-0.25, -0.2) is 4.68 Å². The van der Waals surface area contributed by atoms with Crippen molar-refractivity contribution in [1.82, 2.24) is 24.9 Å². The summed E-state index contributed by atoms with van der Waals surface area (Å²) in [5, 5.41) is 26.2. The van der Waals surface area contributed by atoms with Crippen molar-refractivity contribution >= 4 is 17.3 Å². The lowest BCUT2D eigenvalue weighted by atomic mass is 9.86. The molecule has 9 heteroatoms. The van der Waals surface area contributed by atoms with Gasteiger partial charge >= 0.3 is 0 Å². The Hall–Kier alpha value is -3.17. The molecule has 3 N–H and O–H groups in total. The van der Waals surface area contributed by atoms with Crippen molar-refractivity contribution in [1.29, 1.82) is 0 Å². The van der Waals surface area contributed by atoms with Gasteiger partial charge in [0.1, 0.15) is 11.9 Å². The van der Waals surface area contributed by atoms with Gasteiger partial charge in [-0.05, 0) is 36.3 Å². The Morgan fingerprint density at radius 3 is 2.43 bits per heavy atom. The van der Waals surface area contributed by atoms with Crippen LogP contribution in [-0.2, 0) is 19.5 Å². The van der Waals surface area contributed by atoms with Crippen LogP contribution in [0.25, 0.3) is 0 Å². The Morgan fingerprint density at radius 2 is 1.80 bits per heavy atom. The maximum atomic E-state index is 12.7. The molecule has 2 atom stereocenters. The Labute approximate surface area is 206 Å². The molecule has 0 aliphatic carbocycles. The van der Waals surface area contributed by atoms with E-state index in [1.807, 2.05) is 32.2 Å². The molecule has 1 aliphatic rings. The minimum absolute atomic E-state index is 0.0761. The molecular weight excluding hydrogens is 442 g/mol. The molecule has 35 heavy (non-hydrogen) atoms. The van der Waals surface area contributed by atoms with Gasteiger partial charge in [-0.2, -0.15) is 10.2 Å². The molecule has 1 aromatic carbocycles. The van der Waals surface area contributed by atoms with E-state index < -0.39 is 6.23 Å². The fraction of sp³-hybridized carbons (Fsp3) is 0.500. The first-order chi connectivity index (χ1) is 16.5. The molecule has 188 valence electrons. The molecule has 4 rings (SSSR count). The molecule has 0 radical (unpaired) electrons. The van der Waals surface area contributed by atoms with Gasteiger partial charge in [-0.1, -0.05) is 45.0 Å². The predicted octanol–water partition coefficient (Wildman–Crippen LogP) is 3.11. The molecular formula is C26H37N7O2. The molecule has 0 bridgehead atoms. The number of rotatable bonds is 6. The number of hydrogen-bond donors (Lipinski definition) is 3. The fourth-order valence-electron chi connectivity index (χ4n) is 4.40. The summed E-state index contributed by atoms with van der Waals surface area (Å²) in [5.74, 6) is 1.34. The Balaban J connectivity index is 1.46. The summed E-state index contributed by atoms with van der Waals surface area (Å²) in [5.41, 5.74) is 3.39. The van der Waals surface area contributed by atoms with Crippen molar-refractivity contribution in [3.8, 4) is 0 Å². The summed E-state index contributed by atoms with van der Waals surface area (Å²) in [6.45, 7) is 10.0. The first-order valence-corrected chi connectivity index (χ1v) is 12.2. The summed E-state index contributed by atoms with van der Waals surface area (Å²) in [7, 11) is 3.52. The van der Waals surface area contributed by atoms with Gasteiger partial charge < -0.3 is 15.3 Å². The second kappa shape index (κ2) is 9.83. The number of aliphatic hydroxyl groups excluding tert-OH is 1. The van der Waals surface area contributed by atoms with Crippen LogP contribution in [0.2, 0.25) is 0 Å². The number of anilines is 3. The summed E-state index contributed by atoms with van der Waals surface area (Å²) in [6, 6.07) is 11.9. The number of aryl methyl sites for hydroxylation is 3. The molecule has 0 saturated carbocycles. The zero-order chi connectivity index (χ0) is 25.3.